The van der Waals surface area contributed by atoms with Gasteiger partial charge in [-0.05, 0) is 44.7 Å². The van der Waals surface area contributed by atoms with Crippen LogP contribution in [0.15, 0.2) is 23.1 Å². The Labute approximate surface area is 108 Å². The maximum Gasteiger partial charge on any atom is 0.274 e. The van der Waals surface area contributed by atoms with E-state index in [0.29, 0.717) is 11.7 Å². The third-order valence-electron chi connectivity index (χ3n) is 4.14. The summed E-state index contributed by atoms with van der Waals surface area (Å²) in [5.41, 5.74) is 0.726. The van der Waals surface area contributed by atoms with Crippen molar-refractivity contribution in [1.82, 2.24) is 4.57 Å². The molecule has 2 rings (SSSR count). The van der Waals surface area contributed by atoms with Gasteiger partial charge in [0.25, 0.3) is 5.56 Å². The van der Waals surface area contributed by atoms with Crippen molar-refractivity contribution in [3.8, 4) is 0 Å². The number of hydrogen-bond acceptors (Lipinski definition) is 3. The third-order valence-corrected chi connectivity index (χ3v) is 4.14. The van der Waals surface area contributed by atoms with Crippen LogP contribution in [0, 0.1) is 0 Å². The molecule has 1 saturated carbocycles. The molecule has 0 saturated heterocycles. The molecule has 1 aromatic heterocycles. The Hall–Kier alpha value is -1.29. The number of ether oxygens (including phenoxy) is 1. The summed E-state index contributed by atoms with van der Waals surface area (Å²) < 4.78 is 7.40. The van der Waals surface area contributed by atoms with Gasteiger partial charge in [0.2, 0.25) is 0 Å². The molecule has 4 heteroatoms. The SMILES string of the molecule is CNc1cccn([C@H]2CC[C@@](C)(OC)CC2)c1=O. The average Bonchev–Trinajstić information content (AvgIpc) is 2.40. The maximum absolute atomic E-state index is 12.2. The lowest BCUT2D eigenvalue weighted by atomic mass is 9.83. The fourth-order valence-corrected chi connectivity index (χ4v) is 2.68. The van der Waals surface area contributed by atoms with Crippen molar-refractivity contribution >= 4 is 5.69 Å². The molecule has 18 heavy (non-hydrogen) atoms. The van der Waals surface area contributed by atoms with Crippen LogP contribution in [0.1, 0.15) is 38.6 Å². The lowest BCUT2D eigenvalue weighted by Gasteiger charge is -2.36. The van der Waals surface area contributed by atoms with E-state index in [1.807, 2.05) is 22.9 Å². The minimum absolute atomic E-state index is 0.0132. The summed E-state index contributed by atoms with van der Waals surface area (Å²) in [4.78, 5) is 12.2. The predicted octanol–water partition coefficient (Wildman–Crippen LogP) is 2.41. The van der Waals surface area contributed by atoms with Crippen molar-refractivity contribution in [2.45, 2.75) is 44.2 Å². The molecule has 1 aliphatic carbocycles. The molecular formula is C14H22N2O2. The molecule has 0 aliphatic heterocycles. The van der Waals surface area contributed by atoms with Crippen molar-refractivity contribution in [3.63, 3.8) is 0 Å². The number of anilines is 1. The summed E-state index contributed by atoms with van der Waals surface area (Å²) in [6.45, 7) is 2.15. The molecule has 0 bridgehead atoms. The van der Waals surface area contributed by atoms with Gasteiger partial charge >= 0.3 is 0 Å². The minimum Gasteiger partial charge on any atom is -0.384 e. The van der Waals surface area contributed by atoms with Crippen LogP contribution >= 0.6 is 0 Å². The Morgan fingerprint density at radius 3 is 2.67 bits per heavy atom. The van der Waals surface area contributed by atoms with Crippen LogP contribution in [-0.4, -0.2) is 24.3 Å². The van der Waals surface area contributed by atoms with Crippen LogP contribution in [0.2, 0.25) is 0 Å². The highest BCUT2D eigenvalue weighted by Crippen LogP contribution is 2.36. The summed E-state index contributed by atoms with van der Waals surface area (Å²) in [6, 6.07) is 4.05. The zero-order valence-corrected chi connectivity index (χ0v) is 11.4. The van der Waals surface area contributed by atoms with Gasteiger partial charge in [-0.1, -0.05) is 0 Å². The van der Waals surface area contributed by atoms with E-state index in [2.05, 4.69) is 12.2 Å². The molecule has 1 fully saturated rings. The Morgan fingerprint density at radius 2 is 2.11 bits per heavy atom. The lowest BCUT2D eigenvalue weighted by Crippen LogP contribution is -2.36. The van der Waals surface area contributed by atoms with Crippen molar-refractivity contribution in [2.75, 3.05) is 19.5 Å². The Bertz CT molecular complexity index is 459. The van der Waals surface area contributed by atoms with Crippen molar-refractivity contribution < 1.29 is 4.74 Å². The average molecular weight is 250 g/mol. The maximum atomic E-state index is 12.2. The third kappa shape index (κ3) is 2.43. The molecule has 100 valence electrons. The summed E-state index contributed by atoms with van der Waals surface area (Å²) in [5, 5.41) is 2.94. The van der Waals surface area contributed by atoms with E-state index in [-0.39, 0.29) is 11.2 Å². The van der Waals surface area contributed by atoms with E-state index in [9.17, 15) is 4.79 Å². The van der Waals surface area contributed by atoms with Crippen LogP contribution < -0.4 is 10.9 Å². The molecule has 0 radical (unpaired) electrons. The molecule has 1 N–H and O–H groups in total. The van der Waals surface area contributed by atoms with Crippen LogP contribution in [0.3, 0.4) is 0 Å². The number of pyridine rings is 1. The molecular weight excluding hydrogens is 228 g/mol. The van der Waals surface area contributed by atoms with E-state index in [1.54, 1.807) is 14.2 Å². The van der Waals surface area contributed by atoms with Crippen molar-refractivity contribution in [1.29, 1.82) is 0 Å². The first kappa shape index (κ1) is 13.1. The van der Waals surface area contributed by atoms with E-state index in [4.69, 9.17) is 4.74 Å². The molecule has 0 atom stereocenters. The van der Waals surface area contributed by atoms with E-state index < -0.39 is 0 Å². The van der Waals surface area contributed by atoms with Gasteiger partial charge in [-0.2, -0.15) is 0 Å². The second-order valence-corrected chi connectivity index (χ2v) is 5.27. The van der Waals surface area contributed by atoms with Gasteiger partial charge in [-0.15, -0.1) is 0 Å². The molecule has 0 amide bonds. The Balaban J connectivity index is 2.18. The number of nitrogens with one attached hydrogen (secondary N) is 1. The minimum atomic E-state index is -0.0132. The van der Waals surface area contributed by atoms with Gasteiger partial charge in [0.15, 0.2) is 0 Å². The summed E-state index contributed by atoms with van der Waals surface area (Å²) in [6.07, 6.45) is 5.90. The molecule has 0 unspecified atom stereocenters. The van der Waals surface area contributed by atoms with Crippen LogP contribution in [0.25, 0.3) is 0 Å². The number of nitrogens with zero attached hydrogens (tertiary/aromatic N) is 1. The Kier molecular flexibility index (Phi) is 3.76. The van der Waals surface area contributed by atoms with Gasteiger partial charge in [-0.25, -0.2) is 0 Å². The monoisotopic (exact) mass is 250 g/mol. The van der Waals surface area contributed by atoms with E-state index in [1.165, 1.54) is 0 Å². The van der Waals surface area contributed by atoms with Crippen molar-refractivity contribution in [2.24, 2.45) is 0 Å². The fraction of sp³-hybridized carbons (Fsp3) is 0.643. The molecule has 0 aromatic carbocycles. The zero-order chi connectivity index (χ0) is 13.2. The number of rotatable bonds is 3. The lowest BCUT2D eigenvalue weighted by molar-refractivity contribution is -0.0324. The quantitative estimate of drug-likeness (QED) is 0.896. The van der Waals surface area contributed by atoms with Crippen LogP contribution in [0.5, 0.6) is 0 Å². The number of aromatic nitrogens is 1. The standard InChI is InChI=1S/C14H22N2O2/c1-14(18-3)8-6-11(7-9-14)16-10-4-5-12(15-2)13(16)17/h4-5,10-11,15H,6-9H2,1-3H3/t11-,14+. The number of hydrogen-bond donors (Lipinski definition) is 1. The van der Waals surface area contributed by atoms with Gasteiger partial charge < -0.3 is 14.6 Å². The highest BCUT2D eigenvalue weighted by molar-refractivity contribution is 5.39. The van der Waals surface area contributed by atoms with Crippen molar-refractivity contribution in [3.05, 3.63) is 28.7 Å². The smallest absolute Gasteiger partial charge is 0.274 e. The second kappa shape index (κ2) is 5.14. The fourth-order valence-electron chi connectivity index (χ4n) is 2.68. The normalized spacial score (nSPS) is 28.1. The van der Waals surface area contributed by atoms with Gasteiger partial charge in [-0.3, -0.25) is 4.79 Å². The highest BCUT2D eigenvalue weighted by atomic mass is 16.5. The first-order valence-corrected chi connectivity index (χ1v) is 6.54. The molecule has 4 nitrogen and oxygen atoms in total. The topological polar surface area (TPSA) is 43.3 Å². The largest absolute Gasteiger partial charge is 0.384 e. The summed E-state index contributed by atoms with van der Waals surface area (Å²) >= 11 is 0. The molecule has 1 aliphatic rings. The highest BCUT2D eigenvalue weighted by Gasteiger charge is 2.31. The zero-order valence-electron chi connectivity index (χ0n) is 11.4. The van der Waals surface area contributed by atoms with Crippen LogP contribution in [-0.2, 0) is 4.74 Å². The second-order valence-electron chi connectivity index (χ2n) is 5.27. The van der Waals surface area contributed by atoms with Crippen LogP contribution in [0.4, 0.5) is 5.69 Å². The first-order valence-electron chi connectivity index (χ1n) is 6.54. The summed E-state index contributed by atoms with van der Waals surface area (Å²) in [7, 11) is 3.55. The van der Waals surface area contributed by atoms with Gasteiger partial charge in [0.05, 0.1) is 5.60 Å². The Morgan fingerprint density at radius 1 is 1.44 bits per heavy atom. The number of methoxy groups -OCH3 is 1. The van der Waals surface area contributed by atoms with Gasteiger partial charge in [0, 0.05) is 26.4 Å². The van der Waals surface area contributed by atoms with E-state index in [0.717, 1.165) is 25.7 Å². The molecule has 1 aromatic rings. The molecule has 1 heterocycles. The summed E-state index contributed by atoms with van der Waals surface area (Å²) in [5.74, 6) is 0. The molecule has 0 spiro atoms. The predicted molar refractivity (Wildman–Crippen MR) is 73.2 cm³/mol. The first-order chi connectivity index (χ1) is 8.59. The van der Waals surface area contributed by atoms with E-state index >= 15 is 0 Å². The van der Waals surface area contributed by atoms with Gasteiger partial charge in [0.1, 0.15) is 5.69 Å².